The average Bonchev–Trinajstić information content (AvgIpc) is 3.34. The molecule has 7 unspecified atom stereocenters. The summed E-state index contributed by atoms with van der Waals surface area (Å²) in [5, 5.41) is 54.6. The van der Waals surface area contributed by atoms with Crippen LogP contribution >= 0.6 is 0 Å². The van der Waals surface area contributed by atoms with Gasteiger partial charge in [-0.25, -0.2) is 0 Å². The van der Waals surface area contributed by atoms with Crippen LogP contribution in [-0.4, -0.2) is 87.5 Å². The number of carbonyl (C=O) groups excluding carboxylic acids is 1. The molecule has 1 aliphatic heterocycles. The maximum Gasteiger partial charge on any atom is 0.220 e. The zero-order valence-electron chi connectivity index (χ0n) is 44.4. The molecule has 0 aromatic rings. The lowest BCUT2D eigenvalue weighted by Crippen LogP contribution is -2.60. The summed E-state index contributed by atoms with van der Waals surface area (Å²) in [4.78, 5) is 13.0. The molecule has 7 atom stereocenters. The van der Waals surface area contributed by atoms with Crippen molar-refractivity contribution in [3.63, 3.8) is 0 Å². The molecule has 0 aromatic carbocycles. The highest BCUT2D eigenvalue weighted by Gasteiger charge is 2.44. The van der Waals surface area contributed by atoms with E-state index >= 15 is 0 Å². The lowest BCUT2D eigenvalue weighted by Gasteiger charge is -2.40. The Balaban J connectivity index is 2.14. The predicted octanol–water partition coefficient (Wildman–Crippen LogP) is 14.4. The van der Waals surface area contributed by atoms with Crippen LogP contribution in [0.3, 0.4) is 0 Å². The minimum absolute atomic E-state index is 0.144. The van der Waals surface area contributed by atoms with E-state index in [1.807, 2.05) is 0 Å². The SMILES string of the molecule is CC/C=C\C/C=C\C/C=C\CCCCCCCC(=O)NC(COC1OC(CO)C(O)C(O)C1O)C(O)CCCCCCCCCCCCCCCCCCCCCCCCCCCCCCCC. The molecule has 0 aliphatic carbocycles. The number of unbranched alkanes of at least 4 members (excludes halogenated alkanes) is 34. The standard InChI is InChI=1S/C59H111NO8/c1-3-5-7-9-11-13-15-17-19-20-21-22-23-24-25-26-27-28-29-30-31-32-33-35-36-38-40-42-44-46-48-53(62)52(51-67-59-58(66)57(65)56(64)54(50-61)68-59)60-55(63)49-47-45-43-41-39-37-34-18-16-14-12-10-8-6-4-2/h6,8,12,14,18,34,52-54,56-59,61-62,64-66H,3-5,7,9-11,13,15-17,19-33,35-51H2,1-2H3,(H,60,63)/b8-6-,14-12-,34-18-. The van der Waals surface area contributed by atoms with Gasteiger partial charge in [0.1, 0.15) is 24.4 Å². The number of hydrogen-bond acceptors (Lipinski definition) is 8. The molecule has 1 saturated heterocycles. The molecule has 1 fully saturated rings. The fourth-order valence-electron chi connectivity index (χ4n) is 9.41. The first-order valence-electron chi connectivity index (χ1n) is 29.2. The number of amides is 1. The van der Waals surface area contributed by atoms with Gasteiger partial charge in [0.25, 0.3) is 0 Å². The molecule has 68 heavy (non-hydrogen) atoms. The van der Waals surface area contributed by atoms with E-state index in [0.29, 0.717) is 12.8 Å². The van der Waals surface area contributed by atoms with Crippen molar-refractivity contribution in [3.05, 3.63) is 36.5 Å². The highest BCUT2D eigenvalue weighted by Crippen LogP contribution is 2.23. The van der Waals surface area contributed by atoms with Crippen LogP contribution in [0.2, 0.25) is 0 Å². The number of nitrogens with one attached hydrogen (secondary N) is 1. The molecular formula is C59H111NO8. The molecule has 0 saturated carbocycles. The van der Waals surface area contributed by atoms with Gasteiger partial charge in [-0.2, -0.15) is 0 Å². The van der Waals surface area contributed by atoms with Gasteiger partial charge >= 0.3 is 0 Å². The Labute approximate surface area is 419 Å². The molecular weight excluding hydrogens is 851 g/mol. The average molecular weight is 963 g/mol. The molecule has 9 nitrogen and oxygen atoms in total. The van der Waals surface area contributed by atoms with E-state index in [9.17, 15) is 30.3 Å². The van der Waals surface area contributed by atoms with Crippen LogP contribution in [0.15, 0.2) is 36.5 Å². The summed E-state index contributed by atoms with van der Waals surface area (Å²) in [6.45, 7) is 3.74. The van der Waals surface area contributed by atoms with Gasteiger partial charge in [0, 0.05) is 6.42 Å². The molecule has 0 spiro atoms. The fraction of sp³-hybridized carbons (Fsp3) is 0.881. The highest BCUT2D eigenvalue weighted by atomic mass is 16.7. The van der Waals surface area contributed by atoms with Gasteiger partial charge in [0.2, 0.25) is 5.91 Å². The topological polar surface area (TPSA) is 149 Å². The number of hydrogen-bond donors (Lipinski definition) is 6. The zero-order chi connectivity index (χ0) is 49.4. The van der Waals surface area contributed by atoms with Gasteiger partial charge in [0.05, 0.1) is 25.4 Å². The van der Waals surface area contributed by atoms with Crippen molar-refractivity contribution in [1.82, 2.24) is 5.32 Å². The third-order valence-electron chi connectivity index (χ3n) is 14.0. The van der Waals surface area contributed by atoms with Gasteiger partial charge in [-0.15, -0.1) is 0 Å². The van der Waals surface area contributed by atoms with Crippen molar-refractivity contribution in [3.8, 4) is 0 Å². The van der Waals surface area contributed by atoms with Crippen molar-refractivity contribution in [2.45, 2.75) is 320 Å². The molecule has 6 N–H and O–H groups in total. The van der Waals surface area contributed by atoms with E-state index in [4.69, 9.17) is 9.47 Å². The molecule has 1 aliphatic rings. The molecule has 0 radical (unpaired) electrons. The van der Waals surface area contributed by atoms with Gasteiger partial charge < -0.3 is 40.3 Å². The van der Waals surface area contributed by atoms with Gasteiger partial charge in [0.15, 0.2) is 6.29 Å². The third-order valence-corrected chi connectivity index (χ3v) is 14.0. The van der Waals surface area contributed by atoms with Crippen LogP contribution in [0, 0.1) is 0 Å². The normalized spacial score (nSPS) is 19.8. The first kappa shape index (κ1) is 64.4. The highest BCUT2D eigenvalue weighted by molar-refractivity contribution is 5.76. The Morgan fingerprint density at radius 1 is 0.515 bits per heavy atom. The Bertz CT molecular complexity index is 1160. The van der Waals surface area contributed by atoms with Crippen molar-refractivity contribution < 1.29 is 39.8 Å². The Morgan fingerprint density at radius 3 is 1.35 bits per heavy atom. The van der Waals surface area contributed by atoms with Gasteiger partial charge in [-0.05, 0) is 44.9 Å². The first-order valence-corrected chi connectivity index (χ1v) is 29.2. The molecule has 400 valence electrons. The molecule has 0 aromatic heterocycles. The molecule has 1 rings (SSSR count). The quantitative estimate of drug-likeness (QED) is 0.0261. The fourth-order valence-corrected chi connectivity index (χ4v) is 9.41. The minimum atomic E-state index is -1.56. The summed E-state index contributed by atoms with van der Waals surface area (Å²) in [6, 6.07) is -0.729. The minimum Gasteiger partial charge on any atom is -0.394 e. The molecule has 1 amide bonds. The van der Waals surface area contributed by atoms with Crippen molar-refractivity contribution in [2.24, 2.45) is 0 Å². The number of aliphatic hydroxyl groups is 5. The number of carbonyl (C=O) groups is 1. The van der Waals surface area contributed by atoms with Crippen LogP contribution in [0.25, 0.3) is 0 Å². The van der Waals surface area contributed by atoms with E-state index < -0.39 is 49.5 Å². The maximum absolute atomic E-state index is 13.0. The Hall–Kier alpha value is -1.59. The summed E-state index contributed by atoms with van der Waals surface area (Å²) < 4.78 is 11.3. The van der Waals surface area contributed by atoms with Crippen LogP contribution in [-0.2, 0) is 14.3 Å². The second-order valence-corrected chi connectivity index (χ2v) is 20.4. The second-order valence-electron chi connectivity index (χ2n) is 20.4. The molecule has 0 bridgehead atoms. The van der Waals surface area contributed by atoms with E-state index in [2.05, 4.69) is 55.6 Å². The number of rotatable bonds is 50. The number of ether oxygens (including phenoxy) is 2. The van der Waals surface area contributed by atoms with E-state index in [1.165, 1.54) is 173 Å². The lowest BCUT2D eigenvalue weighted by atomic mass is 9.99. The number of aliphatic hydroxyl groups excluding tert-OH is 5. The summed E-state index contributed by atoms with van der Waals surface area (Å²) >= 11 is 0. The van der Waals surface area contributed by atoms with Crippen LogP contribution in [0.5, 0.6) is 0 Å². The Kier molecular flexibility index (Phi) is 46.4. The summed E-state index contributed by atoms with van der Waals surface area (Å²) in [5.74, 6) is -0.159. The van der Waals surface area contributed by atoms with Crippen LogP contribution in [0.1, 0.15) is 277 Å². The monoisotopic (exact) mass is 962 g/mol. The van der Waals surface area contributed by atoms with E-state index in [1.54, 1.807) is 0 Å². The zero-order valence-corrected chi connectivity index (χ0v) is 44.4. The maximum atomic E-state index is 13.0. The van der Waals surface area contributed by atoms with E-state index in [-0.39, 0.29) is 12.5 Å². The summed E-state index contributed by atoms with van der Waals surface area (Å²) in [5.41, 5.74) is 0. The third kappa shape index (κ3) is 38.1. The van der Waals surface area contributed by atoms with Crippen molar-refractivity contribution in [2.75, 3.05) is 13.2 Å². The molecule has 9 heteroatoms. The van der Waals surface area contributed by atoms with Crippen LogP contribution in [0.4, 0.5) is 0 Å². The van der Waals surface area contributed by atoms with Crippen molar-refractivity contribution in [1.29, 1.82) is 0 Å². The predicted molar refractivity (Wildman–Crippen MR) is 286 cm³/mol. The largest absolute Gasteiger partial charge is 0.394 e. The van der Waals surface area contributed by atoms with Gasteiger partial charge in [-0.3, -0.25) is 4.79 Å². The Morgan fingerprint density at radius 2 is 0.912 bits per heavy atom. The first-order chi connectivity index (χ1) is 33.3. The summed E-state index contributed by atoms with van der Waals surface area (Å²) in [7, 11) is 0. The second kappa shape index (κ2) is 49.0. The van der Waals surface area contributed by atoms with E-state index in [0.717, 1.165) is 77.0 Å². The lowest BCUT2D eigenvalue weighted by molar-refractivity contribution is -0.302. The van der Waals surface area contributed by atoms with Crippen molar-refractivity contribution >= 4 is 5.91 Å². The number of allylic oxidation sites excluding steroid dienone is 6. The van der Waals surface area contributed by atoms with Gasteiger partial charge in [-0.1, -0.05) is 262 Å². The molecule has 1 heterocycles. The summed E-state index contributed by atoms with van der Waals surface area (Å²) in [6.07, 6.45) is 56.2. The van der Waals surface area contributed by atoms with Crippen LogP contribution < -0.4 is 5.32 Å². The smallest absolute Gasteiger partial charge is 0.220 e.